The molecular weight excluding hydrogens is 884 g/mol. The molecule has 0 amide bonds. The summed E-state index contributed by atoms with van der Waals surface area (Å²) in [7, 11) is 0. The first kappa shape index (κ1) is 51.8. The molecular formula is C47H76O20. The Labute approximate surface area is 390 Å². The minimum Gasteiger partial charge on any atom is -0.432 e. The maximum absolute atomic E-state index is 14.4. The lowest BCUT2D eigenvalue weighted by molar-refractivity contribution is -0.361. The van der Waals surface area contributed by atoms with E-state index in [1.165, 1.54) is 12.5 Å². The highest BCUT2D eigenvalue weighted by molar-refractivity contribution is 5.73. The molecule has 0 radical (unpaired) electrons. The maximum Gasteiger partial charge on any atom is 0.311 e. The quantitative estimate of drug-likeness (QED) is 0.0833. The van der Waals surface area contributed by atoms with E-state index in [-0.39, 0.29) is 47.5 Å². The molecule has 20 heteroatoms. The lowest BCUT2D eigenvalue weighted by atomic mass is 9.37. The predicted octanol–water partition coefficient (Wildman–Crippen LogP) is -2.60. The molecule has 20 nitrogen and oxygen atoms in total. The van der Waals surface area contributed by atoms with Crippen molar-refractivity contribution in [3.05, 3.63) is 11.6 Å². The van der Waals surface area contributed by atoms with Crippen LogP contribution in [0, 0.1) is 63.6 Å². The molecule has 5 aliphatic carbocycles. The van der Waals surface area contributed by atoms with E-state index in [0.29, 0.717) is 38.5 Å². The molecule has 8 aliphatic rings. The third kappa shape index (κ3) is 8.46. The average Bonchev–Trinajstić information content (AvgIpc) is 3.29. The molecule has 0 spiro atoms. The van der Waals surface area contributed by atoms with Crippen LogP contribution < -0.4 is 0 Å². The van der Waals surface area contributed by atoms with Crippen LogP contribution in [0.5, 0.6) is 0 Å². The van der Waals surface area contributed by atoms with Gasteiger partial charge >= 0.3 is 5.97 Å². The van der Waals surface area contributed by atoms with E-state index in [0.717, 1.165) is 0 Å². The van der Waals surface area contributed by atoms with Gasteiger partial charge < -0.3 is 94.8 Å². The van der Waals surface area contributed by atoms with Crippen LogP contribution >= 0.6 is 0 Å². The van der Waals surface area contributed by atoms with E-state index in [2.05, 4.69) is 33.8 Å². The summed E-state index contributed by atoms with van der Waals surface area (Å²) < 4.78 is 34.3. The zero-order chi connectivity index (χ0) is 49.0. The van der Waals surface area contributed by atoms with Crippen LogP contribution in [0.4, 0.5) is 0 Å². The Kier molecular flexibility index (Phi) is 14.8. The number of aliphatic hydroxyl groups is 13. The van der Waals surface area contributed by atoms with E-state index in [4.69, 9.17) is 28.4 Å². The number of carbonyl (C=O) groups is 1. The average molecular weight is 961 g/mol. The van der Waals surface area contributed by atoms with Gasteiger partial charge in [0, 0.05) is 11.3 Å². The van der Waals surface area contributed by atoms with E-state index in [9.17, 15) is 71.2 Å². The summed E-state index contributed by atoms with van der Waals surface area (Å²) in [6.45, 7) is 10.0. The third-order valence-electron chi connectivity index (χ3n) is 18.7. The van der Waals surface area contributed by atoms with Gasteiger partial charge in [0.2, 0.25) is 6.29 Å². The highest BCUT2D eigenvalue weighted by atomic mass is 16.8. The van der Waals surface area contributed by atoms with Crippen LogP contribution in [-0.4, -0.2) is 203 Å². The topological polar surface area (TPSA) is 335 Å². The number of hydrogen-bond donors (Lipinski definition) is 13. The van der Waals surface area contributed by atoms with Crippen molar-refractivity contribution in [1.82, 2.24) is 0 Å². The van der Waals surface area contributed by atoms with Gasteiger partial charge in [-0.25, -0.2) is 0 Å². The van der Waals surface area contributed by atoms with Gasteiger partial charge in [0.25, 0.3) is 0 Å². The summed E-state index contributed by atoms with van der Waals surface area (Å²) in [5, 5.41) is 141. The number of hydrogen-bond acceptors (Lipinski definition) is 20. The first-order chi connectivity index (χ1) is 31.4. The number of allylic oxidation sites excluding steroid dienone is 2. The second kappa shape index (κ2) is 19.2. The molecule has 8 rings (SSSR count). The first-order valence-corrected chi connectivity index (χ1v) is 24.3. The van der Waals surface area contributed by atoms with Crippen LogP contribution in [0.3, 0.4) is 0 Å². The molecule has 67 heavy (non-hydrogen) atoms. The predicted molar refractivity (Wildman–Crippen MR) is 228 cm³/mol. The van der Waals surface area contributed by atoms with Crippen molar-refractivity contribution in [3.63, 3.8) is 0 Å². The van der Waals surface area contributed by atoms with Gasteiger partial charge in [0.15, 0.2) is 12.6 Å². The van der Waals surface area contributed by atoms with Crippen molar-refractivity contribution in [2.24, 2.45) is 63.6 Å². The molecule has 0 aromatic carbocycles. The molecule has 4 saturated carbocycles. The Morgan fingerprint density at radius 3 is 2.04 bits per heavy atom. The second-order valence-electron chi connectivity index (χ2n) is 22.4. The van der Waals surface area contributed by atoms with Crippen molar-refractivity contribution in [3.8, 4) is 0 Å². The van der Waals surface area contributed by atoms with Crippen LogP contribution in [0.15, 0.2) is 11.6 Å². The SMILES string of the molecule is CC1CC(C(=O)OC2OC(COC3OC(CO)[C@@H](OC4OC(C)[C@H](O)[C@H](O)[C@@H]4O)[C@@H](O)[C@@H]3O)[C@@H](O)[C@@H](O)[C@@H]2O)C2CCC3(C)C(=CCC4C3CC(O)C3C(C)(CO)C(O)C(O)CC43C)C2C1C. The molecule has 0 bridgehead atoms. The number of esters is 1. The molecule has 3 aliphatic heterocycles. The normalized spacial score (nSPS) is 56.7. The highest BCUT2D eigenvalue weighted by Crippen LogP contribution is 2.70. The largest absolute Gasteiger partial charge is 0.432 e. The number of aliphatic hydroxyl groups excluding tert-OH is 13. The third-order valence-corrected chi connectivity index (χ3v) is 18.7. The van der Waals surface area contributed by atoms with Crippen molar-refractivity contribution >= 4 is 5.97 Å². The van der Waals surface area contributed by atoms with Crippen molar-refractivity contribution in [2.75, 3.05) is 19.8 Å². The number of rotatable bonds is 9. The molecule has 384 valence electrons. The fourth-order valence-corrected chi connectivity index (χ4v) is 14.8. The summed E-state index contributed by atoms with van der Waals surface area (Å²) in [6.07, 6.45) is -21.8. The number of carbonyl (C=O) groups excluding carboxylic acids is 1. The van der Waals surface area contributed by atoms with Gasteiger partial charge in [-0.05, 0) is 91.8 Å². The van der Waals surface area contributed by atoms with Crippen LogP contribution in [0.25, 0.3) is 0 Å². The molecule has 20 unspecified atom stereocenters. The molecule has 29 atom stereocenters. The number of ether oxygens (including phenoxy) is 6. The molecule has 13 N–H and O–H groups in total. The van der Waals surface area contributed by atoms with Gasteiger partial charge in [-0.15, -0.1) is 0 Å². The van der Waals surface area contributed by atoms with Crippen molar-refractivity contribution in [2.45, 2.75) is 190 Å². The summed E-state index contributed by atoms with van der Waals surface area (Å²) in [4.78, 5) is 14.4. The first-order valence-electron chi connectivity index (χ1n) is 24.3. The van der Waals surface area contributed by atoms with Crippen LogP contribution in [-0.2, 0) is 33.2 Å². The van der Waals surface area contributed by atoms with Crippen LogP contribution in [0.1, 0.15) is 80.1 Å². The Hall–Kier alpha value is -1.51. The second-order valence-corrected chi connectivity index (χ2v) is 22.4. The minimum absolute atomic E-state index is 0.0239. The summed E-state index contributed by atoms with van der Waals surface area (Å²) >= 11 is 0. The molecule has 3 saturated heterocycles. The Balaban J connectivity index is 0.941. The van der Waals surface area contributed by atoms with Gasteiger partial charge in [-0.1, -0.05) is 46.3 Å². The molecule has 0 aromatic rings. The summed E-state index contributed by atoms with van der Waals surface area (Å²) in [5.74, 6) is -1.53. The highest BCUT2D eigenvalue weighted by Gasteiger charge is 2.68. The fraction of sp³-hybridized carbons (Fsp3) is 0.936. The zero-order valence-electron chi connectivity index (χ0n) is 39.1. The zero-order valence-corrected chi connectivity index (χ0v) is 39.1. The minimum atomic E-state index is -1.87. The number of fused-ring (bicyclic) bond motifs is 7. The van der Waals surface area contributed by atoms with E-state index in [1.54, 1.807) is 6.92 Å². The van der Waals surface area contributed by atoms with E-state index < -0.39 is 152 Å². The smallest absolute Gasteiger partial charge is 0.311 e. The summed E-state index contributed by atoms with van der Waals surface area (Å²) in [6, 6.07) is 0. The van der Waals surface area contributed by atoms with Gasteiger partial charge in [0.1, 0.15) is 67.1 Å². The van der Waals surface area contributed by atoms with E-state index in [1.807, 2.05) is 0 Å². The molecule has 7 fully saturated rings. The standard InChI is InChI=1S/C47H76O20/c1-17-11-21(20-9-10-45(4)23(29(20)18(17)2)8-7-22-24(45)12-25(50)39-46(22,5)13-26(51)40(60)47(39,6)16-49)41(61)67-44-36(58)33(55)31(53)28(65-44)15-62-42-37(59)34(56)38(27(14-48)64-42)66-43-35(57)32(54)30(52)19(3)63-43/h8,17-22,24-40,42-44,48-60H,7,9-16H2,1-6H3/t17?,18?,19?,20?,21?,22?,24?,25?,26?,27?,28?,29?,30-,31+,32-,33+,34-,35-,36-,37-,38+,39?,40?,42?,43?,44?,45?,46?,47?/m0/s1. The van der Waals surface area contributed by atoms with Gasteiger partial charge in [-0.2, -0.15) is 0 Å². The monoisotopic (exact) mass is 960 g/mol. The lowest BCUT2D eigenvalue weighted by Gasteiger charge is -2.68. The molecule has 3 heterocycles. The van der Waals surface area contributed by atoms with Crippen molar-refractivity contribution in [1.29, 1.82) is 0 Å². The lowest BCUT2D eigenvalue weighted by Crippen LogP contribution is -2.68. The molecule has 0 aromatic heterocycles. The van der Waals surface area contributed by atoms with Gasteiger partial charge in [-0.3, -0.25) is 4.79 Å². The van der Waals surface area contributed by atoms with Gasteiger partial charge in [0.05, 0.1) is 50.2 Å². The maximum atomic E-state index is 14.4. The summed E-state index contributed by atoms with van der Waals surface area (Å²) in [5.41, 5.74) is -0.763. The van der Waals surface area contributed by atoms with E-state index >= 15 is 0 Å². The Morgan fingerprint density at radius 1 is 0.731 bits per heavy atom. The Morgan fingerprint density at radius 2 is 1.37 bits per heavy atom. The van der Waals surface area contributed by atoms with Crippen molar-refractivity contribution < 1.29 is 99.6 Å². The Bertz CT molecular complexity index is 1790. The van der Waals surface area contributed by atoms with Crippen LogP contribution in [0.2, 0.25) is 0 Å². The fourth-order valence-electron chi connectivity index (χ4n) is 14.8.